The number of carbonyl (C=O) groups is 1. The van der Waals surface area contributed by atoms with Gasteiger partial charge in [-0.15, -0.1) is 12.4 Å². The lowest BCUT2D eigenvalue weighted by Crippen LogP contribution is -2.40. The lowest BCUT2D eigenvalue weighted by Gasteiger charge is -2.31. The zero-order valence-corrected chi connectivity index (χ0v) is 17.1. The molecule has 3 rings (SSSR count). The van der Waals surface area contributed by atoms with E-state index in [0.717, 1.165) is 43.8 Å². The summed E-state index contributed by atoms with van der Waals surface area (Å²) in [6.45, 7) is 7.00. The summed E-state index contributed by atoms with van der Waals surface area (Å²) < 4.78 is 11.6. The van der Waals surface area contributed by atoms with Gasteiger partial charge in [0.25, 0.3) is 5.91 Å². The van der Waals surface area contributed by atoms with E-state index in [1.54, 1.807) is 6.07 Å². The number of piperidine rings is 1. The molecule has 1 saturated heterocycles. The largest absolute Gasteiger partial charge is 0.485 e. The number of aryl methyl sites for hydroxylation is 2. The minimum absolute atomic E-state index is 0. The number of nitrogens with one attached hydrogen (secondary N) is 1. The maximum Gasteiger partial charge on any atom is 0.289 e. The van der Waals surface area contributed by atoms with E-state index >= 15 is 0 Å². The third kappa shape index (κ3) is 5.50. The van der Waals surface area contributed by atoms with E-state index in [1.165, 1.54) is 5.56 Å². The number of ether oxygens (including phenoxy) is 1. The van der Waals surface area contributed by atoms with Crippen LogP contribution in [0.15, 0.2) is 34.7 Å². The molecule has 1 N–H and O–H groups in total. The van der Waals surface area contributed by atoms with Crippen LogP contribution in [-0.4, -0.2) is 37.5 Å². The van der Waals surface area contributed by atoms with E-state index < -0.39 is 0 Å². The molecule has 0 radical (unpaired) electrons. The van der Waals surface area contributed by atoms with Crippen molar-refractivity contribution in [3.05, 3.63) is 53.0 Å². The summed E-state index contributed by atoms with van der Waals surface area (Å²) in [6, 6.07) is 9.66. The van der Waals surface area contributed by atoms with Gasteiger partial charge in [-0.25, -0.2) is 0 Å². The Morgan fingerprint density at radius 2 is 1.96 bits per heavy atom. The fourth-order valence-electron chi connectivity index (χ4n) is 3.47. The molecule has 6 heteroatoms. The number of amides is 1. The first-order chi connectivity index (χ1) is 12.6. The van der Waals surface area contributed by atoms with E-state index in [-0.39, 0.29) is 18.3 Å². The van der Waals surface area contributed by atoms with Gasteiger partial charge in [0, 0.05) is 13.1 Å². The molecule has 5 nitrogen and oxygen atoms in total. The van der Waals surface area contributed by atoms with Crippen molar-refractivity contribution in [1.82, 2.24) is 10.2 Å². The molecular formula is C21H29ClN2O3. The summed E-state index contributed by atoms with van der Waals surface area (Å²) >= 11 is 0. The quantitative estimate of drug-likeness (QED) is 0.808. The van der Waals surface area contributed by atoms with Crippen molar-refractivity contribution in [2.45, 2.75) is 33.3 Å². The molecule has 0 spiro atoms. The molecule has 0 bridgehead atoms. The first kappa shape index (κ1) is 21.3. The van der Waals surface area contributed by atoms with Crippen molar-refractivity contribution < 1.29 is 13.9 Å². The number of carbonyl (C=O) groups excluding carboxylic acids is 1. The normalized spacial score (nSPS) is 14.7. The maximum atomic E-state index is 12.6. The van der Waals surface area contributed by atoms with Gasteiger partial charge in [-0.2, -0.15) is 0 Å². The van der Waals surface area contributed by atoms with E-state index in [1.807, 2.05) is 37.1 Å². The van der Waals surface area contributed by atoms with Gasteiger partial charge in [-0.3, -0.25) is 4.79 Å². The number of furan rings is 1. The Morgan fingerprint density at radius 3 is 2.63 bits per heavy atom. The summed E-state index contributed by atoms with van der Waals surface area (Å²) in [7, 11) is 1.97. The molecule has 1 aromatic carbocycles. The second-order valence-electron chi connectivity index (χ2n) is 7.12. The monoisotopic (exact) mass is 392 g/mol. The molecule has 2 aromatic rings. The van der Waals surface area contributed by atoms with Gasteiger partial charge < -0.3 is 19.4 Å². The number of halogens is 1. The highest BCUT2D eigenvalue weighted by molar-refractivity contribution is 5.91. The number of benzene rings is 1. The Kier molecular flexibility index (Phi) is 7.75. The zero-order valence-electron chi connectivity index (χ0n) is 16.3. The molecule has 1 aliphatic heterocycles. The van der Waals surface area contributed by atoms with E-state index in [9.17, 15) is 4.79 Å². The molecule has 1 amide bonds. The van der Waals surface area contributed by atoms with Crippen LogP contribution in [0.25, 0.3) is 0 Å². The van der Waals surface area contributed by atoms with Gasteiger partial charge in [0.15, 0.2) is 5.76 Å². The molecule has 1 fully saturated rings. The van der Waals surface area contributed by atoms with Crippen molar-refractivity contribution in [1.29, 1.82) is 0 Å². The summed E-state index contributed by atoms with van der Waals surface area (Å²) in [5, 5.41) is 3.22. The van der Waals surface area contributed by atoms with Crippen molar-refractivity contribution in [2.75, 3.05) is 26.7 Å². The van der Waals surface area contributed by atoms with Crippen LogP contribution in [0.1, 0.15) is 40.3 Å². The zero-order chi connectivity index (χ0) is 18.5. The molecule has 1 aliphatic rings. The summed E-state index contributed by atoms with van der Waals surface area (Å²) in [5.74, 6) is 2.54. The van der Waals surface area contributed by atoms with Crippen LogP contribution in [0.3, 0.4) is 0 Å². The van der Waals surface area contributed by atoms with E-state index in [4.69, 9.17) is 9.15 Å². The van der Waals surface area contributed by atoms with Gasteiger partial charge in [0.2, 0.25) is 0 Å². The molecule has 0 unspecified atom stereocenters. The highest BCUT2D eigenvalue weighted by Crippen LogP contribution is 2.22. The fraction of sp³-hybridized carbons (Fsp3) is 0.476. The van der Waals surface area contributed by atoms with Crippen molar-refractivity contribution in [3.63, 3.8) is 0 Å². The number of nitrogens with zero attached hydrogens (tertiary/aromatic N) is 1. The van der Waals surface area contributed by atoms with Crippen LogP contribution in [0, 0.1) is 19.8 Å². The first-order valence-corrected chi connectivity index (χ1v) is 9.29. The second kappa shape index (κ2) is 9.81. The Bertz CT molecular complexity index is 752. The minimum Gasteiger partial charge on any atom is -0.485 e. The third-order valence-corrected chi connectivity index (χ3v) is 4.97. The van der Waals surface area contributed by atoms with Crippen LogP contribution in [0.2, 0.25) is 0 Å². The molecule has 0 saturated carbocycles. The van der Waals surface area contributed by atoms with Crippen molar-refractivity contribution >= 4 is 18.3 Å². The number of hydrogen-bond donors (Lipinski definition) is 1. The topological polar surface area (TPSA) is 54.7 Å². The van der Waals surface area contributed by atoms with Crippen LogP contribution >= 0.6 is 12.4 Å². The van der Waals surface area contributed by atoms with Crippen molar-refractivity contribution in [3.8, 4) is 5.75 Å². The highest BCUT2D eigenvalue weighted by atomic mass is 35.5. The molecule has 148 valence electrons. The number of likely N-dealkylation sites (tertiary alicyclic amines) is 1. The number of hydrogen-bond acceptors (Lipinski definition) is 4. The molecular weight excluding hydrogens is 364 g/mol. The van der Waals surface area contributed by atoms with Crippen molar-refractivity contribution in [2.24, 2.45) is 5.92 Å². The fourth-order valence-corrected chi connectivity index (χ4v) is 3.47. The Labute approximate surface area is 167 Å². The smallest absolute Gasteiger partial charge is 0.289 e. The summed E-state index contributed by atoms with van der Waals surface area (Å²) in [6.07, 6.45) is 2.08. The Balaban J connectivity index is 0.00000261. The predicted octanol–water partition coefficient (Wildman–Crippen LogP) is 3.97. The molecule has 1 aromatic heterocycles. The Morgan fingerprint density at radius 1 is 1.22 bits per heavy atom. The maximum absolute atomic E-state index is 12.6. The summed E-state index contributed by atoms with van der Waals surface area (Å²) in [4.78, 5) is 14.5. The van der Waals surface area contributed by atoms with Crippen LogP contribution in [-0.2, 0) is 6.61 Å². The molecule has 27 heavy (non-hydrogen) atoms. The van der Waals surface area contributed by atoms with Gasteiger partial charge in [0.1, 0.15) is 18.1 Å². The highest BCUT2D eigenvalue weighted by Gasteiger charge is 2.25. The van der Waals surface area contributed by atoms with Gasteiger partial charge in [0.05, 0.1) is 0 Å². The molecule has 0 atom stereocenters. The van der Waals surface area contributed by atoms with E-state index in [0.29, 0.717) is 24.0 Å². The van der Waals surface area contributed by atoms with Crippen LogP contribution in [0.5, 0.6) is 5.75 Å². The molecule has 0 aliphatic carbocycles. The average molecular weight is 393 g/mol. The minimum atomic E-state index is -0.0225. The number of rotatable bonds is 6. The second-order valence-corrected chi connectivity index (χ2v) is 7.12. The third-order valence-electron chi connectivity index (χ3n) is 4.97. The lowest BCUT2D eigenvalue weighted by molar-refractivity contribution is 0.0655. The lowest BCUT2D eigenvalue weighted by atomic mass is 9.97. The van der Waals surface area contributed by atoms with Crippen LogP contribution < -0.4 is 10.1 Å². The van der Waals surface area contributed by atoms with Gasteiger partial charge >= 0.3 is 0 Å². The Hall–Kier alpha value is -1.98. The average Bonchev–Trinajstić information content (AvgIpc) is 3.10. The predicted molar refractivity (Wildman–Crippen MR) is 109 cm³/mol. The molecule has 2 heterocycles. The van der Waals surface area contributed by atoms with E-state index in [2.05, 4.69) is 18.3 Å². The summed E-state index contributed by atoms with van der Waals surface area (Å²) in [5.41, 5.74) is 2.30. The standard InChI is InChI=1S/C21H28N2O3.ClH/c1-15-4-6-19(16(2)12-15)25-14-18-5-7-20(26-18)21(24)23-10-8-17(9-11-23)13-22-3;/h4-7,12,17,22H,8-11,13-14H2,1-3H3;1H. The van der Waals surface area contributed by atoms with Crippen LogP contribution in [0.4, 0.5) is 0 Å². The van der Waals surface area contributed by atoms with Gasteiger partial charge in [-0.1, -0.05) is 17.7 Å². The first-order valence-electron chi connectivity index (χ1n) is 9.29. The SMILES string of the molecule is CNCC1CCN(C(=O)c2ccc(COc3ccc(C)cc3C)o2)CC1.Cl. The van der Waals surface area contributed by atoms with Gasteiger partial charge in [-0.05, 0) is 70.0 Å².